The molecule has 1 aliphatic rings. The second-order valence-corrected chi connectivity index (χ2v) is 4.97. The summed E-state index contributed by atoms with van der Waals surface area (Å²) in [6, 6.07) is 4.39. The Labute approximate surface area is 117 Å². The van der Waals surface area contributed by atoms with E-state index in [0.29, 0.717) is 12.5 Å². The highest BCUT2D eigenvalue weighted by molar-refractivity contribution is 5.95. The first-order valence-electron chi connectivity index (χ1n) is 6.75. The number of hydrogen-bond acceptors (Lipinski definition) is 4. The lowest BCUT2D eigenvalue weighted by Gasteiger charge is -2.13. The monoisotopic (exact) mass is 278 g/mol. The number of benzene rings is 1. The number of carbonyl (C=O) groups is 1. The smallest absolute Gasteiger partial charge is 0.311 e. The van der Waals surface area contributed by atoms with Gasteiger partial charge in [-0.1, -0.05) is 0 Å². The van der Waals surface area contributed by atoms with E-state index in [9.17, 15) is 14.9 Å². The maximum atomic E-state index is 12.1. The molecule has 0 aliphatic heterocycles. The van der Waals surface area contributed by atoms with Gasteiger partial charge in [-0.15, -0.1) is 0 Å². The van der Waals surface area contributed by atoms with Crippen molar-refractivity contribution < 1.29 is 14.5 Å². The lowest BCUT2D eigenvalue weighted by molar-refractivity contribution is -0.385. The van der Waals surface area contributed by atoms with Gasteiger partial charge in [-0.25, -0.2) is 0 Å². The molecule has 6 nitrogen and oxygen atoms in total. The van der Waals surface area contributed by atoms with Gasteiger partial charge in [-0.05, 0) is 44.7 Å². The molecule has 108 valence electrons. The van der Waals surface area contributed by atoms with Crippen molar-refractivity contribution in [3.8, 4) is 5.75 Å². The predicted octanol–water partition coefficient (Wildman–Crippen LogP) is 2.52. The summed E-state index contributed by atoms with van der Waals surface area (Å²) in [6.07, 6.45) is 2.26. The number of nitrogens with zero attached hydrogens (tertiary/aromatic N) is 1. The molecule has 1 aromatic rings. The highest BCUT2D eigenvalue weighted by Gasteiger charge is 2.29. The molecule has 2 rings (SSSR count). The molecule has 1 fully saturated rings. The molecule has 6 heteroatoms. The molecule has 1 atom stereocenters. The molecular weight excluding hydrogens is 260 g/mol. The average Bonchev–Trinajstić information content (AvgIpc) is 3.23. The van der Waals surface area contributed by atoms with Crippen molar-refractivity contribution in [3.05, 3.63) is 33.9 Å². The van der Waals surface area contributed by atoms with E-state index >= 15 is 0 Å². The average molecular weight is 278 g/mol. The van der Waals surface area contributed by atoms with Crippen molar-refractivity contribution in [1.29, 1.82) is 0 Å². The number of carbonyl (C=O) groups excluding carboxylic acids is 1. The van der Waals surface area contributed by atoms with Crippen LogP contribution in [0.2, 0.25) is 0 Å². The van der Waals surface area contributed by atoms with Gasteiger partial charge in [0.1, 0.15) is 0 Å². The van der Waals surface area contributed by atoms with E-state index < -0.39 is 4.92 Å². The first-order valence-corrected chi connectivity index (χ1v) is 6.75. The summed E-state index contributed by atoms with van der Waals surface area (Å²) >= 11 is 0. The molecule has 1 amide bonds. The first-order chi connectivity index (χ1) is 9.52. The summed E-state index contributed by atoms with van der Waals surface area (Å²) in [5.74, 6) is 0.441. The second kappa shape index (κ2) is 5.90. The van der Waals surface area contributed by atoms with Crippen LogP contribution in [-0.4, -0.2) is 23.5 Å². The Balaban J connectivity index is 2.16. The molecule has 1 N–H and O–H groups in total. The van der Waals surface area contributed by atoms with Gasteiger partial charge in [0.15, 0.2) is 5.75 Å². The van der Waals surface area contributed by atoms with Gasteiger partial charge in [-0.2, -0.15) is 0 Å². The number of nitro benzene ring substituents is 1. The Hall–Kier alpha value is -2.11. The van der Waals surface area contributed by atoms with Crippen LogP contribution in [0.15, 0.2) is 18.2 Å². The van der Waals surface area contributed by atoms with Crippen molar-refractivity contribution in [2.45, 2.75) is 32.7 Å². The van der Waals surface area contributed by atoms with E-state index in [1.165, 1.54) is 12.1 Å². The molecule has 0 heterocycles. The van der Waals surface area contributed by atoms with Gasteiger partial charge >= 0.3 is 5.69 Å². The van der Waals surface area contributed by atoms with E-state index in [4.69, 9.17) is 4.74 Å². The number of nitrogens with one attached hydrogen (secondary N) is 1. The van der Waals surface area contributed by atoms with E-state index in [-0.39, 0.29) is 28.9 Å². The van der Waals surface area contributed by atoms with E-state index in [2.05, 4.69) is 5.32 Å². The van der Waals surface area contributed by atoms with Crippen LogP contribution in [0.25, 0.3) is 0 Å². The zero-order chi connectivity index (χ0) is 14.7. The SMILES string of the molecule is CCOc1ccc(C(=O)N[C@H](C)C2CC2)cc1[N+](=O)[O-]. The summed E-state index contributed by atoms with van der Waals surface area (Å²) in [5, 5.41) is 13.9. The fourth-order valence-electron chi connectivity index (χ4n) is 2.08. The maximum Gasteiger partial charge on any atom is 0.311 e. The topological polar surface area (TPSA) is 81.5 Å². The highest BCUT2D eigenvalue weighted by atomic mass is 16.6. The van der Waals surface area contributed by atoms with E-state index in [1.807, 2.05) is 6.92 Å². The zero-order valence-electron chi connectivity index (χ0n) is 11.6. The van der Waals surface area contributed by atoms with Gasteiger partial charge in [0, 0.05) is 17.7 Å². The van der Waals surface area contributed by atoms with Gasteiger partial charge in [0.2, 0.25) is 0 Å². The summed E-state index contributed by atoms with van der Waals surface area (Å²) in [7, 11) is 0. The van der Waals surface area contributed by atoms with Crippen LogP contribution in [0.5, 0.6) is 5.75 Å². The molecule has 0 aromatic heterocycles. The molecule has 0 radical (unpaired) electrons. The van der Waals surface area contributed by atoms with Crippen LogP contribution in [0.3, 0.4) is 0 Å². The Kier molecular flexibility index (Phi) is 4.22. The van der Waals surface area contributed by atoms with Crippen molar-refractivity contribution in [2.75, 3.05) is 6.61 Å². The molecule has 1 saturated carbocycles. The summed E-state index contributed by atoms with van der Waals surface area (Å²) in [4.78, 5) is 22.5. The Morgan fingerprint density at radius 1 is 1.55 bits per heavy atom. The third-order valence-corrected chi connectivity index (χ3v) is 3.41. The number of ether oxygens (including phenoxy) is 1. The minimum Gasteiger partial charge on any atom is -0.487 e. The van der Waals surface area contributed by atoms with Crippen molar-refractivity contribution >= 4 is 11.6 Å². The Morgan fingerprint density at radius 2 is 2.25 bits per heavy atom. The summed E-state index contributed by atoms with van der Waals surface area (Å²) in [6.45, 7) is 4.05. The van der Waals surface area contributed by atoms with Crippen LogP contribution in [0.4, 0.5) is 5.69 Å². The van der Waals surface area contributed by atoms with E-state index in [0.717, 1.165) is 12.8 Å². The molecule has 0 spiro atoms. The second-order valence-electron chi connectivity index (χ2n) is 4.97. The van der Waals surface area contributed by atoms with Crippen LogP contribution in [-0.2, 0) is 0 Å². The Morgan fingerprint density at radius 3 is 2.80 bits per heavy atom. The molecule has 0 unspecified atom stereocenters. The lowest BCUT2D eigenvalue weighted by atomic mass is 10.1. The Bertz CT molecular complexity index is 526. The third-order valence-electron chi connectivity index (χ3n) is 3.41. The van der Waals surface area contributed by atoms with Crippen LogP contribution < -0.4 is 10.1 Å². The van der Waals surface area contributed by atoms with Crippen LogP contribution in [0.1, 0.15) is 37.0 Å². The zero-order valence-corrected chi connectivity index (χ0v) is 11.6. The van der Waals surface area contributed by atoms with Crippen LogP contribution in [0, 0.1) is 16.0 Å². The molecule has 1 aromatic carbocycles. The van der Waals surface area contributed by atoms with Gasteiger partial charge < -0.3 is 10.1 Å². The number of hydrogen-bond donors (Lipinski definition) is 1. The highest BCUT2D eigenvalue weighted by Crippen LogP contribution is 2.33. The normalized spacial score (nSPS) is 15.5. The van der Waals surface area contributed by atoms with Gasteiger partial charge in [-0.3, -0.25) is 14.9 Å². The molecule has 0 bridgehead atoms. The molecule has 1 aliphatic carbocycles. The van der Waals surface area contributed by atoms with Gasteiger partial charge in [0.25, 0.3) is 5.91 Å². The minimum atomic E-state index is -0.536. The maximum absolute atomic E-state index is 12.1. The number of amides is 1. The van der Waals surface area contributed by atoms with Crippen molar-refractivity contribution in [1.82, 2.24) is 5.32 Å². The quantitative estimate of drug-likeness (QED) is 0.640. The van der Waals surface area contributed by atoms with E-state index in [1.54, 1.807) is 13.0 Å². The fraction of sp³-hybridized carbons (Fsp3) is 0.500. The van der Waals surface area contributed by atoms with Crippen molar-refractivity contribution in [2.24, 2.45) is 5.92 Å². The lowest BCUT2D eigenvalue weighted by Crippen LogP contribution is -2.33. The molecule has 20 heavy (non-hydrogen) atoms. The minimum absolute atomic E-state index is 0.105. The van der Waals surface area contributed by atoms with Crippen LogP contribution >= 0.6 is 0 Å². The third kappa shape index (κ3) is 3.26. The number of nitro groups is 1. The standard InChI is InChI=1S/C14H18N2O4/c1-3-20-13-7-6-11(8-12(13)16(18)19)14(17)15-9(2)10-4-5-10/h6-10H,3-5H2,1-2H3,(H,15,17)/t9-/m1/s1. The summed E-state index contributed by atoms with van der Waals surface area (Å²) < 4.78 is 5.19. The van der Waals surface area contributed by atoms with Crippen molar-refractivity contribution in [3.63, 3.8) is 0 Å². The predicted molar refractivity (Wildman–Crippen MR) is 73.9 cm³/mol. The van der Waals surface area contributed by atoms with Gasteiger partial charge in [0.05, 0.1) is 11.5 Å². The summed E-state index contributed by atoms with van der Waals surface area (Å²) in [5.41, 5.74) is 0.103. The largest absolute Gasteiger partial charge is 0.487 e. The first kappa shape index (κ1) is 14.3. The molecular formula is C14H18N2O4. The fourth-order valence-corrected chi connectivity index (χ4v) is 2.08. The molecule has 0 saturated heterocycles. The number of rotatable bonds is 6.